The number of rotatable bonds is 7. The Bertz CT molecular complexity index is 1060. The van der Waals surface area contributed by atoms with Crippen LogP contribution in [0.15, 0.2) is 66.7 Å². The summed E-state index contributed by atoms with van der Waals surface area (Å²) >= 11 is 0. The van der Waals surface area contributed by atoms with Crippen LogP contribution in [0.3, 0.4) is 0 Å². The molecule has 152 valence electrons. The predicted octanol–water partition coefficient (Wildman–Crippen LogP) is 2.20. The van der Waals surface area contributed by atoms with Crippen molar-refractivity contribution >= 4 is 17.7 Å². The molecule has 7 heteroatoms. The molecule has 3 rings (SSSR count). The highest BCUT2D eigenvalue weighted by Crippen LogP contribution is 2.18. The molecule has 0 bridgehead atoms. The lowest BCUT2D eigenvalue weighted by Crippen LogP contribution is -2.33. The van der Waals surface area contributed by atoms with Crippen molar-refractivity contribution in [1.82, 2.24) is 15.6 Å². The lowest BCUT2D eigenvalue weighted by atomic mass is 10.1. The number of hydrogen-bond donors (Lipinski definition) is 3. The van der Waals surface area contributed by atoms with Crippen molar-refractivity contribution in [3.05, 3.63) is 89.1 Å². The monoisotopic (exact) mass is 402 g/mol. The van der Waals surface area contributed by atoms with E-state index >= 15 is 0 Å². The fourth-order valence-electron chi connectivity index (χ4n) is 2.89. The number of nitrogens with zero attached hydrogens (tertiary/aromatic N) is 1. The normalized spacial score (nSPS) is 10.3. The van der Waals surface area contributed by atoms with Crippen molar-refractivity contribution in [2.24, 2.45) is 5.73 Å². The second-order valence-electron chi connectivity index (χ2n) is 6.72. The van der Waals surface area contributed by atoms with Crippen molar-refractivity contribution in [2.45, 2.75) is 13.5 Å². The van der Waals surface area contributed by atoms with Crippen LogP contribution in [0.4, 0.5) is 0 Å². The SMILES string of the molecule is Cc1nc(-c2ccccc2)ccc1C(=O)NCc1ccc(C(=O)NCC(N)=O)cc1. The number of nitrogens with two attached hydrogens (primary N) is 1. The van der Waals surface area contributed by atoms with E-state index in [0.29, 0.717) is 23.4 Å². The van der Waals surface area contributed by atoms with Crippen molar-refractivity contribution in [1.29, 1.82) is 0 Å². The van der Waals surface area contributed by atoms with Crippen LogP contribution >= 0.6 is 0 Å². The molecule has 2 aromatic carbocycles. The van der Waals surface area contributed by atoms with Crippen LogP contribution < -0.4 is 16.4 Å². The van der Waals surface area contributed by atoms with E-state index in [9.17, 15) is 14.4 Å². The zero-order valence-electron chi connectivity index (χ0n) is 16.5. The topological polar surface area (TPSA) is 114 Å². The van der Waals surface area contributed by atoms with Gasteiger partial charge in [-0.25, -0.2) is 0 Å². The Morgan fingerprint density at radius 1 is 0.867 bits per heavy atom. The molecule has 0 fully saturated rings. The number of carbonyl (C=O) groups excluding carboxylic acids is 3. The van der Waals surface area contributed by atoms with Gasteiger partial charge in [0.05, 0.1) is 23.5 Å². The minimum atomic E-state index is -0.607. The highest BCUT2D eigenvalue weighted by molar-refractivity contribution is 5.96. The molecule has 30 heavy (non-hydrogen) atoms. The molecular weight excluding hydrogens is 380 g/mol. The Morgan fingerprint density at radius 3 is 2.20 bits per heavy atom. The van der Waals surface area contributed by atoms with Crippen LogP contribution in [0.1, 0.15) is 32.0 Å². The van der Waals surface area contributed by atoms with Gasteiger partial charge in [-0.1, -0.05) is 42.5 Å². The zero-order valence-corrected chi connectivity index (χ0v) is 16.5. The number of pyridine rings is 1. The van der Waals surface area contributed by atoms with Gasteiger partial charge in [0.25, 0.3) is 11.8 Å². The molecule has 7 nitrogen and oxygen atoms in total. The Hall–Kier alpha value is -4.00. The van der Waals surface area contributed by atoms with Crippen LogP contribution in [-0.4, -0.2) is 29.3 Å². The van der Waals surface area contributed by atoms with Gasteiger partial charge in [-0.15, -0.1) is 0 Å². The van der Waals surface area contributed by atoms with E-state index in [2.05, 4.69) is 15.6 Å². The molecule has 0 aliphatic rings. The maximum atomic E-state index is 12.6. The molecule has 1 aromatic heterocycles. The number of primary amides is 1. The van der Waals surface area contributed by atoms with E-state index in [1.807, 2.05) is 36.4 Å². The highest BCUT2D eigenvalue weighted by atomic mass is 16.2. The van der Waals surface area contributed by atoms with Gasteiger partial charge in [-0.2, -0.15) is 0 Å². The van der Waals surface area contributed by atoms with Crippen LogP contribution in [0.2, 0.25) is 0 Å². The Balaban J connectivity index is 1.60. The third-order valence-corrected chi connectivity index (χ3v) is 4.49. The summed E-state index contributed by atoms with van der Waals surface area (Å²) in [5.74, 6) is -1.21. The molecule has 0 aliphatic carbocycles. The van der Waals surface area contributed by atoms with Crippen molar-refractivity contribution in [3.63, 3.8) is 0 Å². The zero-order chi connectivity index (χ0) is 21.5. The van der Waals surface area contributed by atoms with Crippen molar-refractivity contribution in [3.8, 4) is 11.3 Å². The van der Waals surface area contributed by atoms with Gasteiger partial charge in [0.15, 0.2) is 0 Å². The van der Waals surface area contributed by atoms with E-state index in [1.165, 1.54) is 0 Å². The van der Waals surface area contributed by atoms with Gasteiger partial charge >= 0.3 is 0 Å². The lowest BCUT2D eigenvalue weighted by molar-refractivity contribution is -0.117. The number of aromatic nitrogens is 1. The fourth-order valence-corrected chi connectivity index (χ4v) is 2.89. The molecular formula is C23H22N4O3. The largest absolute Gasteiger partial charge is 0.368 e. The summed E-state index contributed by atoms with van der Waals surface area (Å²) in [6, 6.07) is 20.1. The summed E-state index contributed by atoms with van der Waals surface area (Å²) in [7, 11) is 0. The maximum absolute atomic E-state index is 12.6. The third-order valence-electron chi connectivity index (χ3n) is 4.49. The second kappa shape index (κ2) is 9.47. The van der Waals surface area contributed by atoms with Crippen LogP contribution in [0, 0.1) is 6.92 Å². The lowest BCUT2D eigenvalue weighted by Gasteiger charge is -2.10. The summed E-state index contributed by atoms with van der Waals surface area (Å²) in [6.07, 6.45) is 0. The standard InChI is InChI=1S/C23H22N4O3/c1-15-19(11-12-20(27-15)17-5-3-2-4-6-17)23(30)25-13-16-7-9-18(10-8-16)22(29)26-14-21(24)28/h2-12H,13-14H2,1H3,(H2,24,28)(H,25,30)(H,26,29). The molecule has 0 aliphatic heterocycles. The fraction of sp³-hybridized carbons (Fsp3) is 0.130. The van der Waals surface area contributed by atoms with E-state index in [4.69, 9.17) is 5.73 Å². The molecule has 3 aromatic rings. The molecule has 0 radical (unpaired) electrons. The molecule has 0 spiro atoms. The number of amides is 3. The molecule has 0 unspecified atom stereocenters. The summed E-state index contributed by atoms with van der Waals surface area (Å²) in [5, 5.41) is 5.29. The van der Waals surface area contributed by atoms with Gasteiger partial charge in [-0.05, 0) is 36.8 Å². The van der Waals surface area contributed by atoms with E-state index < -0.39 is 5.91 Å². The Labute approximate surface area is 174 Å². The number of hydrogen-bond acceptors (Lipinski definition) is 4. The van der Waals surface area contributed by atoms with E-state index in [1.54, 1.807) is 37.3 Å². The maximum Gasteiger partial charge on any atom is 0.253 e. The first-order valence-corrected chi connectivity index (χ1v) is 9.41. The summed E-state index contributed by atoms with van der Waals surface area (Å²) in [4.78, 5) is 39.7. The minimum absolute atomic E-state index is 0.215. The molecule has 0 atom stereocenters. The minimum Gasteiger partial charge on any atom is -0.368 e. The van der Waals surface area contributed by atoms with Gasteiger partial charge < -0.3 is 16.4 Å². The number of carbonyl (C=O) groups is 3. The number of benzene rings is 2. The van der Waals surface area contributed by atoms with Crippen molar-refractivity contribution < 1.29 is 14.4 Å². The predicted molar refractivity (Wildman–Crippen MR) is 114 cm³/mol. The number of nitrogens with one attached hydrogen (secondary N) is 2. The average Bonchev–Trinajstić information content (AvgIpc) is 2.76. The quantitative estimate of drug-likeness (QED) is 0.562. The Kier molecular flexibility index (Phi) is 6.54. The van der Waals surface area contributed by atoms with Gasteiger partial charge in [-0.3, -0.25) is 19.4 Å². The Morgan fingerprint density at radius 2 is 1.57 bits per heavy atom. The first-order chi connectivity index (χ1) is 14.4. The van der Waals surface area contributed by atoms with Gasteiger partial charge in [0, 0.05) is 17.7 Å². The smallest absolute Gasteiger partial charge is 0.253 e. The van der Waals surface area contributed by atoms with Crippen LogP contribution in [-0.2, 0) is 11.3 Å². The van der Waals surface area contributed by atoms with Crippen LogP contribution in [0.5, 0.6) is 0 Å². The first kappa shape index (κ1) is 20.7. The third kappa shape index (κ3) is 5.29. The summed E-state index contributed by atoms with van der Waals surface area (Å²) < 4.78 is 0. The second-order valence-corrected chi connectivity index (χ2v) is 6.72. The molecule has 4 N–H and O–H groups in total. The van der Waals surface area contributed by atoms with E-state index in [0.717, 1.165) is 16.8 Å². The average molecular weight is 402 g/mol. The van der Waals surface area contributed by atoms with Crippen molar-refractivity contribution in [2.75, 3.05) is 6.54 Å². The molecule has 3 amide bonds. The van der Waals surface area contributed by atoms with Gasteiger partial charge in [0.1, 0.15) is 0 Å². The molecule has 1 heterocycles. The van der Waals surface area contributed by atoms with E-state index in [-0.39, 0.29) is 18.4 Å². The first-order valence-electron chi connectivity index (χ1n) is 9.41. The summed E-state index contributed by atoms with van der Waals surface area (Å²) in [6.45, 7) is 1.90. The molecule has 0 saturated carbocycles. The number of aryl methyl sites for hydroxylation is 1. The summed E-state index contributed by atoms with van der Waals surface area (Å²) in [5.41, 5.74) is 9.22. The molecule has 0 saturated heterocycles. The van der Waals surface area contributed by atoms with Gasteiger partial charge in [0.2, 0.25) is 5.91 Å². The van der Waals surface area contributed by atoms with Crippen LogP contribution in [0.25, 0.3) is 11.3 Å². The highest BCUT2D eigenvalue weighted by Gasteiger charge is 2.12.